The van der Waals surface area contributed by atoms with Gasteiger partial charge >= 0.3 is 5.97 Å². The van der Waals surface area contributed by atoms with E-state index >= 15 is 0 Å². The number of carbonyl (C=O) groups excluding carboxylic acids is 1. The quantitative estimate of drug-likeness (QED) is 0.485. The molecule has 0 aliphatic rings. The number of methoxy groups -OCH3 is 1. The highest BCUT2D eigenvalue weighted by molar-refractivity contribution is 7.15. The predicted octanol–water partition coefficient (Wildman–Crippen LogP) is 2.27. The first kappa shape index (κ1) is 13.2. The Morgan fingerprint density at radius 1 is 1.58 bits per heavy atom. The second-order valence-corrected chi connectivity index (χ2v) is 4.83. The van der Waals surface area contributed by atoms with Crippen molar-refractivity contribution in [1.82, 2.24) is 4.98 Å². The Bertz CT molecular complexity index is 631. The van der Waals surface area contributed by atoms with E-state index in [0.29, 0.717) is 15.6 Å². The zero-order valence-electron chi connectivity index (χ0n) is 10.2. The first-order chi connectivity index (χ1) is 9.01. The fourth-order valence-corrected chi connectivity index (χ4v) is 2.50. The lowest BCUT2D eigenvalue weighted by Crippen LogP contribution is -2.03. The molecule has 2 aromatic rings. The largest absolute Gasteiger partial charge is 0.464 e. The second kappa shape index (κ2) is 5.19. The van der Waals surface area contributed by atoms with Gasteiger partial charge in [-0.3, -0.25) is 10.1 Å². The molecule has 0 saturated heterocycles. The zero-order valence-corrected chi connectivity index (χ0v) is 11.0. The van der Waals surface area contributed by atoms with Crippen LogP contribution in [0.4, 0.5) is 0 Å². The maximum atomic E-state index is 11.6. The maximum Gasteiger partial charge on any atom is 0.360 e. The van der Waals surface area contributed by atoms with Crippen molar-refractivity contribution in [2.45, 2.75) is 13.5 Å². The number of rotatable bonds is 4. The second-order valence-electron chi connectivity index (χ2n) is 3.66. The molecule has 0 unspecified atom stereocenters. The van der Waals surface area contributed by atoms with Gasteiger partial charge in [0.1, 0.15) is 0 Å². The van der Waals surface area contributed by atoms with Crippen LogP contribution in [0.25, 0.3) is 10.6 Å². The van der Waals surface area contributed by atoms with Crippen LogP contribution >= 0.6 is 11.3 Å². The summed E-state index contributed by atoms with van der Waals surface area (Å²) in [5, 5.41) is 10.4. The van der Waals surface area contributed by atoms with E-state index in [-0.39, 0.29) is 18.0 Å². The van der Waals surface area contributed by atoms with E-state index in [1.54, 1.807) is 19.1 Å². The lowest BCUT2D eigenvalue weighted by molar-refractivity contribution is -0.496. The van der Waals surface area contributed by atoms with Crippen LogP contribution < -0.4 is 0 Å². The van der Waals surface area contributed by atoms with Crippen LogP contribution in [0.15, 0.2) is 16.5 Å². The molecule has 0 aliphatic carbocycles. The van der Waals surface area contributed by atoms with Crippen molar-refractivity contribution in [3.63, 3.8) is 0 Å². The van der Waals surface area contributed by atoms with Crippen LogP contribution in [0.3, 0.4) is 0 Å². The Morgan fingerprint density at radius 3 is 2.95 bits per heavy atom. The predicted molar refractivity (Wildman–Crippen MR) is 66.6 cm³/mol. The SMILES string of the molecule is COC(=O)c1nc(C)oc1-c1ccc(C[N+](=O)[O-])s1. The third-order valence-electron chi connectivity index (χ3n) is 2.28. The minimum Gasteiger partial charge on any atom is -0.464 e. The van der Waals surface area contributed by atoms with Crippen molar-refractivity contribution in [1.29, 1.82) is 0 Å². The molecule has 0 amide bonds. The lowest BCUT2D eigenvalue weighted by atomic mass is 10.3. The first-order valence-electron chi connectivity index (χ1n) is 5.28. The van der Waals surface area contributed by atoms with Crippen LogP contribution in [0.1, 0.15) is 21.3 Å². The van der Waals surface area contributed by atoms with Crippen molar-refractivity contribution in [2.75, 3.05) is 7.11 Å². The van der Waals surface area contributed by atoms with Gasteiger partial charge in [0.15, 0.2) is 17.3 Å². The standard InChI is InChI=1S/C11H10N2O5S/c1-6-12-9(11(14)17-2)10(18-6)8-4-3-7(19-8)5-13(15)16/h3-4H,5H2,1-2H3. The number of nitro groups is 1. The van der Waals surface area contributed by atoms with Gasteiger partial charge in [-0.25, -0.2) is 9.78 Å². The highest BCUT2D eigenvalue weighted by atomic mass is 32.1. The molecule has 7 nitrogen and oxygen atoms in total. The summed E-state index contributed by atoms with van der Waals surface area (Å²) in [6.45, 7) is 1.35. The molecule has 0 saturated carbocycles. The van der Waals surface area contributed by atoms with Gasteiger partial charge in [-0.15, -0.1) is 11.3 Å². The highest BCUT2D eigenvalue weighted by Crippen LogP contribution is 2.32. The minimum atomic E-state index is -0.601. The van der Waals surface area contributed by atoms with Gasteiger partial charge in [-0.2, -0.15) is 0 Å². The molecule has 2 aromatic heterocycles. The van der Waals surface area contributed by atoms with Crippen LogP contribution in [0.2, 0.25) is 0 Å². The summed E-state index contributed by atoms with van der Waals surface area (Å²) in [6, 6.07) is 3.29. The summed E-state index contributed by atoms with van der Waals surface area (Å²) in [5.74, 6) is 0.0136. The molecule has 0 spiro atoms. The van der Waals surface area contributed by atoms with Crippen molar-refractivity contribution in [3.05, 3.63) is 38.7 Å². The van der Waals surface area contributed by atoms with Gasteiger partial charge in [-0.05, 0) is 12.1 Å². The van der Waals surface area contributed by atoms with Crippen molar-refractivity contribution >= 4 is 17.3 Å². The van der Waals surface area contributed by atoms with Crippen molar-refractivity contribution in [2.24, 2.45) is 0 Å². The Morgan fingerprint density at radius 2 is 2.32 bits per heavy atom. The molecular weight excluding hydrogens is 272 g/mol. The number of hydrogen-bond acceptors (Lipinski definition) is 7. The molecule has 2 rings (SSSR count). The van der Waals surface area contributed by atoms with Gasteiger partial charge in [0.05, 0.1) is 16.9 Å². The molecule has 0 aliphatic heterocycles. The third-order valence-corrected chi connectivity index (χ3v) is 3.35. The van der Waals surface area contributed by atoms with E-state index in [0.717, 1.165) is 0 Å². The molecule has 2 heterocycles. The molecule has 100 valence electrons. The number of oxazole rings is 1. The molecule has 0 N–H and O–H groups in total. The van der Waals surface area contributed by atoms with E-state index in [1.165, 1.54) is 18.4 Å². The lowest BCUT2D eigenvalue weighted by Gasteiger charge is -1.96. The number of ether oxygens (including phenoxy) is 1. The molecule has 0 fully saturated rings. The molecule has 0 radical (unpaired) electrons. The van der Waals surface area contributed by atoms with Gasteiger partial charge in [-0.1, -0.05) is 0 Å². The Hall–Kier alpha value is -2.22. The molecule has 0 atom stereocenters. The monoisotopic (exact) mass is 282 g/mol. The van der Waals surface area contributed by atoms with Crippen LogP contribution in [-0.4, -0.2) is 23.0 Å². The topological polar surface area (TPSA) is 95.5 Å². The van der Waals surface area contributed by atoms with Crippen molar-refractivity contribution < 1.29 is 18.9 Å². The van der Waals surface area contributed by atoms with E-state index in [9.17, 15) is 14.9 Å². The Balaban J connectivity index is 2.38. The number of hydrogen-bond donors (Lipinski definition) is 0. The summed E-state index contributed by atoms with van der Waals surface area (Å²) in [4.78, 5) is 26.7. The average molecular weight is 282 g/mol. The van der Waals surface area contributed by atoms with Crippen LogP contribution in [0.5, 0.6) is 0 Å². The number of thiophene rings is 1. The minimum absolute atomic E-state index is 0.0782. The summed E-state index contributed by atoms with van der Waals surface area (Å²) in [5.41, 5.74) is 0.0782. The zero-order chi connectivity index (χ0) is 14.0. The molecule has 0 aromatic carbocycles. The smallest absolute Gasteiger partial charge is 0.360 e. The van der Waals surface area contributed by atoms with Gasteiger partial charge in [0, 0.05) is 11.8 Å². The van der Waals surface area contributed by atoms with Gasteiger partial charge < -0.3 is 9.15 Å². The molecular formula is C11H10N2O5S. The normalized spacial score (nSPS) is 10.4. The number of aromatic nitrogens is 1. The van der Waals surface area contributed by atoms with Crippen LogP contribution in [-0.2, 0) is 11.3 Å². The van der Waals surface area contributed by atoms with E-state index < -0.39 is 10.9 Å². The summed E-state index contributed by atoms with van der Waals surface area (Å²) < 4.78 is 9.99. The maximum absolute atomic E-state index is 11.6. The van der Waals surface area contributed by atoms with E-state index in [4.69, 9.17) is 4.42 Å². The molecule has 19 heavy (non-hydrogen) atoms. The fourth-order valence-electron chi connectivity index (χ4n) is 1.54. The van der Waals surface area contributed by atoms with E-state index in [2.05, 4.69) is 9.72 Å². The van der Waals surface area contributed by atoms with Crippen LogP contribution in [0, 0.1) is 17.0 Å². The summed E-state index contributed by atoms with van der Waals surface area (Å²) in [6.07, 6.45) is 0. The number of esters is 1. The average Bonchev–Trinajstić information content (AvgIpc) is 2.94. The fraction of sp³-hybridized carbons (Fsp3) is 0.273. The summed E-state index contributed by atoms with van der Waals surface area (Å²) >= 11 is 1.19. The van der Waals surface area contributed by atoms with Gasteiger partial charge in [0.2, 0.25) is 6.54 Å². The summed E-state index contributed by atoms with van der Waals surface area (Å²) in [7, 11) is 1.25. The van der Waals surface area contributed by atoms with E-state index in [1.807, 2.05) is 0 Å². The number of carbonyl (C=O) groups is 1. The Labute approximate surface area is 112 Å². The number of aryl methyl sites for hydroxylation is 1. The first-order valence-corrected chi connectivity index (χ1v) is 6.09. The highest BCUT2D eigenvalue weighted by Gasteiger charge is 2.22. The third kappa shape index (κ3) is 2.79. The van der Waals surface area contributed by atoms with Gasteiger partial charge in [0.25, 0.3) is 0 Å². The molecule has 8 heteroatoms. The number of nitrogens with zero attached hydrogens (tertiary/aromatic N) is 2. The molecule has 0 bridgehead atoms. The Kier molecular flexibility index (Phi) is 3.61. The van der Waals surface area contributed by atoms with Crippen molar-refractivity contribution in [3.8, 4) is 10.6 Å².